The molecular weight excluding hydrogens is 178 g/mol. The van der Waals surface area contributed by atoms with Crippen LogP contribution >= 0.6 is 0 Å². The number of allylic oxidation sites excluding steroid dienone is 2. The average molecular weight is 187 g/mol. The Labute approximate surface area is 80.8 Å². The molecule has 4 heteroatoms. The third-order valence-corrected chi connectivity index (χ3v) is 2.01. The molecule has 0 bridgehead atoms. The molecule has 0 aliphatic heterocycles. The van der Waals surface area contributed by atoms with Gasteiger partial charge in [-0.1, -0.05) is 23.4 Å². The molecular formula is C10H9N3O. The standard InChI is InChI=1S/C10H9N3O/c1-2-8(7-14)13-10-6-4-3-5-9(10)11-12-13/h2-7H,1H3/b8-2-. The molecule has 0 fully saturated rings. The summed E-state index contributed by atoms with van der Waals surface area (Å²) >= 11 is 0. The van der Waals surface area contributed by atoms with E-state index in [0.717, 1.165) is 17.3 Å². The number of hydrogen-bond donors (Lipinski definition) is 0. The lowest BCUT2D eigenvalue weighted by Gasteiger charge is -1.98. The van der Waals surface area contributed by atoms with E-state index in [0.29, 0.717) is 5.70 Å². The van der Waals surface area contributed by atoms with E-state index in [-0.39, 0.29) is 0 Å². The van der Waals surface area contributed by atoms with Gasteiger partial charge in [0.25, 0.3) is 0 Å². The van der Waals surface area contributed by atoms with Crippen LogP contribution in [0.4, 0.5) is 0 Å². The minimum Gasteiger partial charge on any atom is -0.296 e. The van der Waals surface area contributed by atoms with Crippen molar-refractivity contribution >= 4 is 23.0 Å². The predicted molar refractivity (Wildman–Crippen MR) is 53.5 cm³/mol. The van der Waals surface area contributed by atoms with E-state index in [2.05, 4.69) is 10.3 Å². The molecule has 1 aromatic heterocycles. The van der Waals surface area contributed by atoms with Crippen LogP contribution in [0.25, 0.3) is 16.7 Å². The molecule has 0 spiro atoms. The summed E-state index contributed by atoms with van der Waals surface area (Å²) in [6.07, 6.45) is 2.47. The van der Waals surface area contributed by atoms with Gasteiger partial charge in [-0.15, -0.1) is 5.10 Å². The fourth-order valence-corrected chi connectivity index (χ4v) is 1.30. The number of benzene rings is 1. The Kier molecular flexibility index (Phi) is 2.10. The maximum absolute atomic E-state index is 10.7. The van der Waals surface area contributed by atoms with Gasteiger partial charge in [-0.25, -0.2) is 4.68 Å². The van der Waals surface area contributed by atoms with E-state index in [4.69, 9.17) is 0 Å². The van der Waals surface area contributed by atoms with Crippen LogP contribution in [0.3, 0.4) is 0 Å². The molecule has 2 rings (SSSR count). The van der Waals surface area contributed by atoms with Crippen molar-refractivity contribution in [2.24, 2.45) is 0 Å². The fourth-order valence-electron chi connectivity index (χ4n) is 1.30. The quantitative estimate of drug-likeness (QED) is 0.528. The largest absolute Gasteiger partial charge is 0.296 e. The number of carbonyl (C=O) groups is 1. The topological polar surface area (TPSA) is 47.8 Å². The van der Waals surface area contributed by atoms with Crippen LogP contribution in [0.2, 0.25) is 0 Å². The summed E-state index contributed by atoms with van der Waals surface area (Å²) in [7, 11) is 0. The van der Waals surface area contributed by atoms with Crippen molar-refractivity contribution in [3.63, 3.8) is 0 Å². The van der Waals surface area contributed by atoms with Gasteiger partial charge in [0.15, 0.2) is 6.29 Å². The Morgan fingerprint density at radius 3 is 2.93 bits per heavy atom. The summed E-state index contributed by atoms with van der Waals surface area (Å²) in [5.41, 5.74) is 2.13. The average Bonchev–Trinajstić information content (AvgIpc) is 2.65. The summed E-state index contributed by atoms with van der Waals surface area (Å²) in [4.78, 5) is 10.7. The highest BCUT2D eigenvalue weighted by molar-refractivity contribution is 6.00. The third kappa shape index (κ3) is 1.21. The number of carbonyl (C=O) groups excluding carboxylic acids is 1. The van der Waals surface area contributed by atoms with Crippen LogP contribution in [-0.2, 0) is 4.79 Å². The van der Waals surface area contributed by atoms with E-state index in [1.54, 1.807) is 13.0 Å². The molecule has 0 unspecified atom stereocenters. The van der Waals surface area contributed by atoms with Gasteiger partial charge in [-0.2, -0.15) is 0 Å². The first-order chi connectivity index (χ1) is 6.86. The third-order valence-electron chi connectivity index (χ3n) is 2.01. The van der Waals surface area contributed by atoms with Crippen molar-refractivity contribution in [2.75, 3.05) is 0 Å². The lowest BCUT2D eigenvalue weighted by Crippen LogP contribution is -1.99. The lowest BCUT2D eigenvalue weighted by atomic mass is 10.3. The molecule has 0 amide bonds. The highest BCUT2D eigenvalue weighted by Gasteiger charge is 2.05. The van der Waals surface area contributed by atoms with E-state index in [9.17, 15) is 4.79 Å². The smallest absolute Gasteiger partial charge is 0.168 e. The summed E-state index contributed by atoms with van der Waals surface area (Å²) in [5, 5.41) is 7.85. The Morgan fingerprint density at radius 2 is 2.21 bits per heavy atom. The van der Waals surface area contributed by atoms with Crippen molar-refractivity contribution in [1.29, 1.82) is 0 Å². The van der Waals surface area contributed by atoms with Crippen molar-refractivity contribution in [2.45, 2.75) is 6.92 Å². The van der Waals surface area contributed by atoms with Gasteiger partial charge >= 0.3 is 0 Å². The number of para-hydroxylation sites is 1. The molecule has 0 atom stereocenters. The Bertz CT molecular complexity index is 499. The Morgan fingerprint density at radius 1 is 1.43 bits per heavy atom. The number of rotatable bonds is 2. The van der Waals surface area contributed by atoms with Gasteiger partial charge in [-0.3, -0.25) is 4.79 Å². The number of aromatic nitrogens is 3. The minimum atomic E-state index is 0.499. The molecule has 0 N–H and O–H groups in total. The maximum atomic E-state index is 10.7. The van der Waals surface area contributed by atoms with Crippen molar-refractivity contribution < 1.29 is 4.79 Å². The summed E-state index contributed by atoms with van der Waals surface area (Å²) in [6, 6.07) is 7.51. The molecule has 0 aliphatic carbocycles. The van der Waals surface area contributed by atoms with Gasteiger partial charge in [0.05, 0.1) is 5.52 Å². The summed E-state index contributed by atoms with van der Waals surface area (Å²) in [5.74, 6) is 0. The zero-order chi connectivity index (χ0) is 9.97. The Balaban J connectivity index is 2.69. The molecule has 0 radical (unpaired) electrons. The highest BCUT2D eigenvalue weighted by atomic mass is 16.1. The predicted octanol–water partition coefficient (Wildman–Crippen LogP) is 1.49. The fraction of sp³-hybridized carbons (Fsp3) is 0.100. The zero-order valence-electron chi connectivity index (χ0n) is 7.71. The second-order valence-corrected chi connectivity index (χ2v) is 2.82. The van der Waals surface area contributed by atoms with Gasteiger partial charge in [0.2, 0.25) is 0 Å². The molecule has 1 aromatic carbocycles. The first-order valence-corrected chi connectivity index (χ1v) is 4.29. The number of hydrogen-bond acceptors (Lipinski definition) is 3. The number of fused-ring (bicyclic) bond motifs is 1. The van der Waals surface area contributed by atoms with Gasteiger partial charge < -0.3 is 0 Å². The normalized spacial score (nSPS) is 11.9. The first kappa shape index (κ1) is 8.62. The molecule has 4 nitrogen and oxygen atoms in total. The molecule has 1 heterocycles. The first-order valence-electron chi connectivity index (χ1n) is 4.29. The highest BCUT2D eigenvalue weighted by Crippen LogP contribution is 2.12. The van der Waals surface area contributed by atoms with E-state index < -0.39 is 0 Å². The molecule has 0 saturated heterocycles. The monoisotopic (exact) mass is 187 g/mol. The van der Waals surface area contributed by atoms with Crippen LogP contribution in [0.15, 0.2) is 30.3 Å². The molecule has 0 saturated carbocycles. The van der Waals surface area contributed by atoms with Gasteiger partial charge in [0.1, 0.15) is 11.2 Å². The molecule has 14 heavy (non-hydrogen) atoms. The van der Waals surface area contributed by atoms with E-state index in [1.807, 2.05) is 24.3 Å². The van der Waals surface area contributed by atoms with Crippen LogP contribution < -0.4 is 0 Å². The van der Waals surface area contributed by atoms with Gasteiger partial charge in [-0.05, 0) is 19.1 Å². The second-order valence-electron chi connectivity index (χ2n) is 2.82. The SMILES string of the molecule is C/C=C(/C=O)n1nnc2ccccc21. The zero-order valence-corrected chi connectivity index (χ0v) is 7.71. The van der Waals surface area contributed by atoms with Crippen LogP contribution in [-0.4, -0.2) is 21.3 Å². The van der Waals surface area contributed by atoms with Gasteiger partial charge in [0, 0.05) is 0 Å². The van der Waals surface area contributed by atoms with E-state index >= 15 is 0 Å². The summed E-state index contributed by atoms with van der Waals surface area (Å²) < 4.78 is 1.53. The molecule has 70 valence electrons. The lowest BCUT2D eigenvalue weighted by molar-refractivity contribution is -0.103. The molecule has 2 aromatic rings. The maximum Gasteiger partial charge on any atom is 0.168 e. The summed E-state index contributed by atoms with van der Waals surface area (Å²) in [6.45, 7) is 1.79. The van der Waals surface area contributed by atoms with Crippen LogP contribution in [0, 0.1) is 0 Å². The minimum absolute atomic E-state index is 0.499. The number of aldehydes is 1. The van der Waals surface area contributed by atoms with E-state index in [1.165, 1.54) is 4.68 Å². The number of nitrogens with zero attached hydrogens (tertiary/aromatic N) is 3. The Hall–Kier alpha value is -1.97. The van der Waals surface area contributed by atoms with Crippen molar-refractivity contribution in [3.8, 4) is 0 Å². The molecule has 0 aliphatic rings. The van der Waals surface area contributed by atoms with Crippen molar-refractivity contribution in [1.82, 2.24) is 15.0 Å². The second kappa shape index (κ2) is 3.41. The van der Waals surface area contributed by atoms with Crippen LogP contribution in [0.1, 0.15) is 6.92 Å². The van der Waals surface area contributed by atoms with Crippen molar-refractivity contribution in [3.05, 3.63) is 30.3 Å². The van der Waals surface area contributed by atoms with Crippen LogP contribution in [0.5, 0.6) is 0 Å².